The molecular formula is C31H40ClN5O2. The Kier molecular flexibility index (Phi) is 7.51. The number of hydrogen-bond acceptors (Lipinski definition) is 4. The fourth-order valence-electron chi connectivity index (χ4n) is 6.57. The maximum atomic E-state index is 14.4. The van der Waals surface area contributed by atoms with Gasteiger partial charge in [-0.25, -0.2) is 0 Å². The number of benzene rings is 2. The van der Waals surface area contributed by atoms with E-state index in [2.05, 4.69) is 36.3 Å². The molecule has 2 aliphatic carbocycles. The van der Waals surface area contributed by atoms with Crippen LogP contribution in [-0.2, 0) is 4.79 Å². The van der Waals surface area contributed by atoms with Crippen LogP contribution in [0.4, 0.5) is 0 Å². The number of nitrogens with zero attached hydrogens (tertiary/aromatic N) is 1. The zero-order valence-corrected chi connectivity index (χ0v) is 23.9. The van der Waals surface area contributed by atoms with E-state index < -0.39 is 11.7 Å². The molecule has 0 aromatic heterocycles. The number of nitrogens with one attached hydrogen (secondary N) is 3. The fourth-order valence-corrected chi connectivity index (χ4v) is 6.76. The Morgan fingerprint density at radius 2 is 1.82 bits per heavy atom. The van der Waals surface area contributed by atoms with Crippen LogP contribution in [0, 0.1) is 22.7 Å². The maximum absolute atomic E-state index is 14.4. The lowest BCUT2D eigenvalue weighted by atomic mass is 9.69. The van der Waals surface area contributed by atoms with Gasteiger partial charge in [-0.2, -0.15) is 0 Å². The molecule has 208 valence electrons. The van der Waals surface area contributed by atoms with Gasteiger partial charge < -0.3 is 16.0 Å². The third kappa shape index (κ3) is 5.71. The van der Waals surface area contributed by atoms with Crippen LogP contribution < -0.4 is 16.4 Å². The van der Waals surface area contributed by atoms with Crippen LogP contribution in [0.2, 0.25) is 5.02 Å². The Bertz CT molecular complexity index is 1240. The SMILES string of the molecule is CC(C)(C)C1CCC2(CC1)NC(c1cccc(Cl)c1)C(=O)N2C(c1ccc(C(=O)NCC(=N)N)cc1)C1CC1. The van der Waals surface area contributed by atoms with E-state index >= 15 is 0 Å². The molecule has 1 heterocycles. The molecule has 5 rings (SSSR count). The van der Waals surface area contributed by atoms with E-state index in [1.807, 2.05) is 48.5 Å². The number of amidine groups is 1. The van der Waals surface area contributed by atoms with Gasteiger partial charge in [0.1, 0.15) is 11.9 Å². The number of hydrogen-bond donors (Lipinski definition) is 4. The maximum Gasteiger partial charge on any atom is 0.251 e. The van der Waals surface area contributed by atoms with Crippen molar-refractivity contribution >= 4 is 29.3 Å². The first-order valence-electron chi connectivity index (χ1n) is 14.1. The van der Waals surface area contributed by atoms with Crippen molar-refractivity contribution in [3.05, 3.63) is 70.2 Å². The Hall–Kier alpha value is -2.90. The van der Waals surface area contributed by atoms with Crippen molar-refractivity contribution in [2.24, 2.45) is 23.0 Å². The topological polar surface area (TPSA) is 111 Å². The summed E-state index contributed by atoms with van der Waals surface area (Å²) in [6, 6.07) is 14.7. The molecule has 2 amide bonds. The minimum Gasteiger partial charge on any atom is -0.386 e. The number of nitrogens with two attached hydrogens (primary N) is 1. The molecule has 3 aliphatic rings. The summed E-state index contributed by atoms with van der Waals surface area (Å²) in [5.41, 5.74) is 7.67. The van der Waals surface area contributed by atoms with E-state index in [1.54, 1.807) is 0 Å². The summed E-state index contributed by atoms with van der Waals surface area (Å²) in [5, 5.41) is 14.5. The lowest BCUT2D eigenvalue weighted by molar-refractivity contribution is -0.138. The largest absolute Gasteiger partial charge is 0.386 e. The Labute approximate surface area is 236 Å². The van der Waals surface area contributed by atoms with Gasteiger partial charge in [0, 0.05) is 10.6 Å². The highest BCUT2D eigenvalue weighted by molar-refractivity contribution is 6.30. The highest BCUT2D eigenvalue weighted by Crippen LogP contribution is 2.54. The van der Waals surface area contributed by atoms with Crippen molar-refractivity contribution in [2.45, 2.75) is 77.0 Å². The number of rotatable bonds is 7. The molecule has 7 nitrogen and oxygen atoms in total. The van der Waals surface area contributed by atoms with Crippen LogP contribution in [0.15, 0.2) is 48.5 Å². The summed E-state index contributed by atoms with van der Waals surface area (Å²) in [6.07, 6.45) is 6.11. The molecule has 1 saturated heterocycles. The minimum atomic E-state index is -0.437. The zero-order valence-electron chi connectivity index (χ0n) is 23.1. The molecule has 0 radical (unpaired) electrons. The van der Waals surface area contributed by atoms with Crippen LogP contribution in [0.1, 0.15) is 92.9 Å². The van der Waals surface area contributed by atoms with E-state index in [0.29, 0.717) is 22.4 Å². The average molecular weight is 550 g/mol. The summed E-state index contributed by atoms with van der Waals surface area (Å²) in [5.74, 6) is 0.751. The number of carbonyl (C=O) groups excluding carboxylic acids is 2. The van der Waals surface area contributed by atoms with E-state index in [-0.39, 0.29) is 35.7 Å². The lowest BCUT2D eigenvalue weighted by Crippen LogP contribution is -2.56. The molecule has 2 aromatic carbocycles. The number of amides is 2. The van der Waals surface area contributed by atoms with Crippen molar-refractivity contribution in [1.29, 1.82) is 5.41 Å². The summed E-state index contributed by atoms with van der Waals surface area (Å²) >= 11 is 6.35. The average Bonchev–Trinajstić information content (AvgIpc) is 3.69. The smallest absolute Gasteiger partial charge is 0.251 e. The molecule has 3 fully saturated rings. The number of carbonyl (C=O) groups is 2. The van der Waals surface area contributed by atoms with Crippen molar-refractivity contribution in [2.75, 3.05) is 6.54 Å². The van der Waals surface area contributed by atoms with E-state index in [4.69, 9.17) is 22.7 Å². The van der Waals surface area contributed by atoms with Crippen molar-refractivity contribution < 1.29 is 9.59 Å². The molecule has 39 heavy (non-hydrogen) atoms. The standard InChI is InChI=1S/C31H40ClN5O2/c1-30(2,3)23-13-15-31(16-14-23)36-26(22-5-4-6-24(32)17-22)29(39)37(31)27(19-7-8-19)20-9-11-21(12-10-20)28(38)35-18-25(33)34/h4-6,9-12,17,19,23,26-27,36H,7-8,13-16,18H2,1-3H3,(H3,33,34)(H,35,38). The van der Waals surface area contributed by atoms with Gasteiger partial charge in [-0.15, -0.1) is 0 Å². The summed E-state index contributed by atoms with van der Waals surface area (Å²) in [4.78, 5) is 29.1. The minimum absolute atomic E-state index is 0.0161. The Morgan fingerprint density at radius 3 is 2.38 bits per heavy atom. The molecule has 2 atom stereocenters. The van der Waals surface area contributed by atoms with E-state index in [9.17, 15) is 9.59 Å². The van der Waals surface area contributed by atoms with Crippen LogP contribution >= 0.6 is 11.6 Å². The second kappa shape index (κ2) is 10.6. The molecule has 0 bridgehead atoms. The molecule has 2 unspecified atom stereocenters. The highest BCUT2D eigenvalue weighted by atomic mass is 35.5. The Morgan fingerprint density at radius 1 is 1.15 bits per heavy atom. The summed E-state index contributed by atoms with van der Waals surface area (Å²) in [7, 11) is 0. The molecule has 5 N–H and O–H groups in total. The second-order valence-electron chi connectivity index (χ2n) is 12.6. The fraction of sp³-hybridized carbons (Fsp3) is 0.516. The van der Waals surface area contributed by atoms with E-state index in [1.165, 1.54) is 0 Å². The first kappa shape index (κ1) is 27.7. The van der Waals surface area contributed by atoms with Gasteiger partial charge >= 0.3 is 0 Å². The molecule has 2 aromatic rings. The first-order valence-corrected chi connectivity index (χ1v) is 14.4. The monoisotopic (exact) mass is 549 g/mol. The third-order valence-electron chi connectivity index (χ3n) is 8.88. The van der Waals surface area contributed by atoms with E-state index in [0.717, 1.165) is 49.7 Å². The lowest BCUT2D eigenvalue weighted by Gasteiger charge is -2.49. The van der Waals surface area contributed by atoms with Gasteiger partial charge in [0.15, 0.2) is 0 Å². The predicted molar refractivity (Wildman–Crippen MR) is 154 cm³/mol. The van der Waals surface area contributed by atoms with Crippen molar-refractivity contribution in [3.63, 3.8) is 0 Å². The van der Waals surface area contributed by atoms with Crippen LogP contribution in [-0.4, -0.2) is 34.8 Å². The van der Waals surface area contributed by atoms with Gasteiger partial charge in [-0.1, -0.05) is 56.6 Å². The third-order valence-corrected chi connectivity index (χ3v) is 9.11. The molecular weight excluding hydrogens is 510 g/mol. The highest BCUT2D eigenvalue weighted by Gasteiger charge is 2.57. The zero-order chi connectivity index (χ0) is 27.9. The summed E-state index contributed by atoms with van der Waals surface area (Å²) in [6.45, 7) is 6.96. The normalized spacial score (nSPS) is 26.1. The molecule has 8 heteroatoms. The van der Waals surface area contributed by atoms with Gasteiger partial charge in [0.25, 0.3) is 5.91 Å². The quantitative estimate of drug-likeness (QED) is 0.267. The molecule has 1 spiro atoms. The predicted octanol–water partition coefficient (Wildman–Crippen LogP) is 5.56. The van der Waals surface area contributed by atoms with Crippen LogP contribution in [0.25, 0.3) is 0 Å². The summed E-state index contributed by atoms with van der Waals surface area (Å²) < 4.78 is 0. The van der Waals surface area contributed by atoms with Gasteiger partial charge in [-0.3, -0.25) is 20.3 Å². The van der Waals surface area contributed by atoms with Crippen LogP contribution in [0.3, 0.4) is 0 Å². The first-order chi connectivity index (χ1) is 18.5. The van der Waals surface area contributed by atoms with Crippen LogP contribution in [0.5, 0.6) is 0 Å². The van der Waals surface area contributed by atoms with Gasteiger partial charge in [0.05, 0.1) is 18.2 Å². The van der Waals surface area contributed by atoms with Gasteiger partial charge in [0.2, 0.25) is 5.91 Å². The number of halogens is 1. The van der Waals surface area contributed by atoms with Gasteiger partial charge in [-0.05, 0) is 91.2 Å². The molecule has 1 aliphatic heterocycles. The Balaban J connectivity index is 1.48. The van der Waals surface area contributed by atoms with Crippen molar-refractivity contribution in [1.82, 2.24) is 15.5 Å². The molecule has 2 saturated carbocycles. The second-order valence-corrected chi connectivity index (χ2v) is 13.1. The van der Waals surface area contributed by atoms with Crippen molar-refractivity contribution in [3.8, 4) is 0 Å².